The number of aryl methyl sites for hydroxylation is 2. The Morgan fingerprint density at radius 2 is 1.87 bits per heavy atom. The van der Waals surface area contributed by atoms with Gasteiger partial charge in [0.05, 0.1) is 4.90 Å². The highest BCUT2D eigenvalue weighted by Crippen LogP contribution is 2.34. The summed E-state index contributed by atoms with van der Waals surface area (Å²) in [7, 11) is -3.80. The molecule has 2 saturated heterocycles. The second-order valence-electron chi connectivity index (χ2n) is 9.64. The van der Waals surface area contributed by atoms with E-state index in [0.29, 0.717) is 24.3 Å². The second kappa shape index (κ2) is 8.54. The summed E-state index contributed by atoms with van der Waals surface area (Å²) in [6.07, 6.45) is 5.18. The van der Waals surface area contributed by atoms with Gasteiger partial charge >= 0.3 is 0 Å². The number of carbonyl (C=O) groups excluding carboxylic acids is 2. The first kappa shape index (κ1) is 22.3. The van der Waals surface area contributed by atoms with E-state index in [-0.39, 0.29) is 36.4 Å². The molecule has 1 N–H and O–H groups in total. The highest BCUT2D eigenvalue weighted by atomic mass is 32.2. The molecular weight excluding hydrogens is 414 g/mol. The highest BCUT2D eigenvalue weighted by Gasteiger charge is 2.49. The van der Waals surface area contributed by atoms with E-state index < -0.39 is 16.1 Å². The molecule has 4 rings (SSSR count). The summed E-state index contributed by atoms with van der Waals surface area (Å²) in [5.74, 6) is -0.0885. The van der Waals surface area contributed by atoms with Crippen molar-refractivity contribution in [3.8, 4) is 0 Å². The van der Waals surface area contributed by atoms with Gasteiger partial charge in [-0.1, -0.05) is 19.9 Å². The monoisotopic (exact) mass is 447 g/mol. The summed E-state index contributed by atoms with van der Waals surface area (Å²) in [4.78, 5) is 27.0. The van der Waals surface area contributed by atoms with Gasteiger partial charge in [-0.2, -0.15) is 4.31 Å². The summed E-state index contributed by atoms with van der Waals surface area (Å²) in [5, 5.41) is 2.89. The van der Waals surface area contributed by atoms with Crippen LogP contribution in [-0.2, 0) is 32.5 Å². The van der Waals surface area contributed by atoms with Crippen LogP contribution in [0, 0.1) is 5.92 Å². The van der Waals surface area contributed by atoms with Crippen LogP contribution in [0.15, 0.2) is 23.1 Å². The minimum atomic E-state index is -3.80. The Bertz CT molecular complexity index is 975. The minimum absolute atomic E-state index is 0.127. The molecule has 0 unspecified atom stereocenters. The van der Waals surface area contributed by atoms with Gasteiger partial charge in [-0.25, -0.2) is 8.42 Å². The van der Waals surface area contributed by atoms with Crippen molar-refractivity contribution in [2.24, 2.45) is 5.92 Å². The Balaban J connectivity index is 1.66. The molecule has 2 aliphatic heterocycles. The first-order valence-corrected chi connectivity index (χ1v) is 12.8. The van der Waals surface area contributed by atoms with Gasteiger partial charge in [0.25, 0.3) is 0 Å². The summed E-state index contributed by atoms with van der Waals surface area (Å²) in [6.45, 7) is 6.21. The lowest BCUT2D eigenvalue weighted by Gasteiger charge is -2.42. The van der Waals surface area contributed by atoms with Gasteiger partial charge in [-0.3, -0.25) is 9.59 Å². The fraction of sp³-hybridized carbons (Fsp3) is 0.652. The lowest BCUT2D eigenvalue weighted by Crippen LogP contribution is -2.61. The van der Waals surface area contributed by atoms with E-state index in [0.717, 1.165) is 31.2 Å². The van der Waals surface area contributed by atoms with Gasteiger partial charge in [-0.15, -0.1) is 0 Å². The van der Waals surface area contributed by atoms with E-state index in [1.54, 1.807) is 11.0 Å². The topological polar surface area (TPSA) is 86.8 Å². The van der Waals surface area contributed by atoms with E-state index in [4.69, 9.17) is 0 Å². The molecular formula is C23H33N3O4S. The SMILES string of the molecule is CC(=O)N[C@H]1C[C@H]2CN(S(=O)(=O)c3ccc4c(c3)CCCC4)[C@@H](CC(C)C)C(=O)N2C1. The molecule has 31 heavy (non-hydrogen) atoms. The largest absolute Gasteiger partial charge is 0.352 e. The van der Waals surface area contributed by atoms with Gasteiger partial charge in [0.2, 0.25) is 21.8 Å². The molecule has 0 radical (unpaired) electrons. The van der Waals surface area contributed by atoms with E-state index in [2.05, 4.69) is 5.32 Å². The average molecular weight is 448 g/mol. The maximum Gasteiger partial charge on any atom is 0.243 e. The van der Waals surface area contributed by atoms with Crippen molar-refractivity contribution in [2.75, 3.05) is 13.1 Å². The first-order valence-electron chi connectivity index (χ1n) is 11.4. The number of carbonyl (C=O) groups is 2. The lowest BCUT2D eigenvalue weighted by molar-refractivity contribution is -0.141. The zero-order valence-electron chi connectivity index (χ0n) is 18.6. The third-order valence-electron chi connectivity index (χ3n) is 6.75. The molecule has 0 saturated carbocycles. The van der Waals surface area contributed by atoms with E-state index in [9.17, 15) is 18.0 Å². The van der Waals surface area contributed by atoms with Crippen molar-refractivity contribution in [1.82, 2.24) is 14.5 Å². The molecule has 8 heteroatoms. The van der Waals surface area contributed by atoms with Crippen molar-refractivity contribution in [1.29, 1.82) is 0 Å². The Hall–Kier alpha value is -1.93. The number of hydrogen-bond acceptors (Lipinski definition) is 4. The Kier molecular flexibility index (Phi) is 6.14. The van der Waals surface area contributed by atoms with Crippen LogP contribution in [0.2, 0.25) is 0 Å². The third kappa shape index (κ3) is 4.37. The zero-order chi connectivity index (χ0) is 22.3. The van der Waals surface area contributed by atoms with E-state index in [1.165, 1.54) is 16.8 Å². The predicted molar refractivity (Wildman–Crippen MR) is 118 cm³/mol. The maximum absolute atomic E-state index is 13.7. The Labute approximate surface area is 185 Å². The molecule has 2 fully saturated rings. The number of nitrogens with zero attached hydrogens (tertiary/aromatic N) is 2. The molecule has 0 aromatic heterocycles. The van der Waals surface area contributed by atoms with Gasteiger partial charge in [0, 0.05) is 32.1 Å². The predicted octanol–water partition coefficient (Wildman–Crippen LogP) is 2.09. The van der Waals surface area contributed by atoms with Gasteiger partial charge in [0.1, 0.15) is 6.04 Å². The molecule has 3 atom stereocenters. The van der Waals surface area contributed by atoms with Gasteiger partial charge in [-0.05, 0) is 67.7 Å². The van der Waals surface area contributed by atoms with Crippen molar-refractivity contribution < 1.29 is 18.0 Å². The maximum atomic E-state index is 13.7. The van der Waals surface area contributed by atoms with Crippen LogP contribution in [0.5, 0.6) is 0 Å². The van der Waals surface area contributed by atoms with Gasteiger partial charge in [0.15, 0.2) is 0 Å². The number of amides is 2. The Morgan fingerprint density at radius 1 is 1.16 bits per heavy atom. The van der Waals surface area contributed by atoms with Crippen molar-refractivity contribution in [2.45, 2.75) is 82.3 Å². The number of nitrogens with one attached hydrogen (secondary N) is 1. The standard InChI is InChI=1S/C23H33N3O4S/c1-15(2)10-22-23(28)25-13-19(24-16(3)27)12-20(25)14-26(22)31(29,30)21-9-8-17-6-4-5-7-18(17)11-21/h8-9,11,15,19-20,22H,4-7,10,12-14H2,1-3H3,(H,24,27)/t19-,20-,22-/m0/s1. The number of sulfonamides is 1. The van der Waals surface area contributed by atoms with Crippen LogP contribution in [0.4, 0.5) is 0 Å². The van der Waals surface area contributed by atoms with Crippen LogP contribution in [-0.4, -0.2) is 60.7 Å². The molecule has 1 aliphatic carbocycles. The zero-order valence-corrected chi connectivity index (χ0v) is 19.5. The van der Waals surface area contributed by atoms with Crippen LogP contribution in [0.25, 0.3) is 0 Å². The average Bonchev–Trinajstić information content (AvgIpc) is 3.11. The normalized spacial score (nSPS) is 26.6. The highest BCUT2D eigenvalue weighted by molar-refractivity contribution is 7.89. The Morgan fingerprint density at radius 3 is 2.55 bits per heavy atom. The second-order valence-corrected chi connectivity index (χ2v) is 11.5. The summed E-state index contributed by atoms with van der Waals surface area (Å²) < 4.78 is 28.9. The number of hydrogen-bond donors (Lipinski definition) is 1. The lowest BCUT2D eigenvalue weighted by atomic mass is 9.92. The molecule has 170 valence electrons. The molecule has 2 heterocycles. The van der Waals surface area contributed by atoms with Crippen molar-refractivity contribution >= 4 is 21.8 Å². The number of piperazine rings is 1. The number of benzene rings is 1. The van der Waals surface area contributed by atoms with Crippen LogP contribution in [0.1, 0.15) is 57.6 Å². The van der Waals surface area contributed by atoms with Gasteiger partial charge < -0.3 is 10.2 Å². The molecule has 1 aromatic rings. The molecule has 1 aromatic carbocycles. The van der Waals surface area contributed by atoms with E-state index >= 15 is 0 Å². The molecule has 3 aliphatic rings. The van der Waals surface area contributed by atoms with Crippen LogP contribution in [0.3, 0.4) is 0 Å². The van der Waals surface area contributed by atoms with Crippen molar-refractivity contribution in [3.05, 3.63) is 29.3 Å². The molecule has 0 spiro atoms. The molecule has 0 bridgehead atoms. The quantitative estimate of drug-likeness (QED) is 0.749. The first-order chi connectivity index (χ1) is 14.7. The molecule has 7 nitrogen and oxygen atoms in total. The summed E-state index contributed by atoms with van der Waals surface area (Å²) in [6, 6.07) is 4.43. The van der Waals surface area contributed by atoms with Crippen molar-refractivity contribution in [3.63, 3.8) is 0 Å². The van der Waals surface area contributed by atoms with E-state index in [1.807, 2.05) is 26.0 Å². The van der Waals surface area contributed by atoms with Crippen LogP contribution >= 0.6 is 0 Å². The smallest absolute Gasteiger partial charge is 0.243 e. The number of fused-ring (bicyclic) bond motifs is 2. The fourth-order valence-electron chi connectivity index (χ4n) is 5.34. The fourth-order valence-corrected chi connectivity index (χ4v) is 7.02. The third-order valence-corrected chi connectivity index (χ3v) is 8.62. The summed E-state index contributed by atoms with van der Waals surface area (Å²) >= 11 is 0. The molecule has 2 amide bonds. The minimum Gasteiger partial charge on any atom is -0.352 e. The summed E-state index contributed by atoms with van der Waals surface area (Å²) in [5.41, 5.74) is 2.35. The van der Waals surface area contributed by atoms with Crippen LogP contribution < -0.4 is 5.32 Å². The number of rotatable bonds is 5.